The van der Waals surface area contributed by atoms with E-state index in [1.54, 1.807) is 6.07 Å². The average molecular weight is 614 g/mol. The van der Waals surface area contributed by atoms with E-state index >= 15 is 0 Å². The number of aromatic nitrogens is 1. The van der Waals surface area contributed by atoms with Crippen molar-refractivity contribution in [2.45, 2.75) is 44.9 Å². The first-order valence-electron chi connectivity index (χ1n) is 10.7. The van der Waals surface area contributed by atoms with E-state index in [2.05, 4.69) is 47.4 Å². The lowest BCUT2D eigenvalue weighted by molar-refractivity contribution is -0.113. The molecule has 0 bridgehead atoms. The predicted molar refractivity (Wildman–Crippen MR) is 142 cm³/mol. The maximum atomic E-state index is 11.8. The van der Waals surface area contributed by atoms with Crippen molar-refractivity contribution in [2.75, 3.05) is 5.43 Å². The number of aromatic amines is 1. The minimum atomic E-state index is 0.136. The van der Waals surface area contributed by atoms with E-state index in [0.29, 0.717) is 34.3 Å². The lowest BCUT2D eigenvalue weighted by Gasteiger charge is -2.12. The second-order valence-corrected chi connectivity index (χ2v) is 10.6. The van der Waals surface area contributed by atoms with Gasteiger partial charge in [-0.1, -0.05) is 55.1 Å². The summed E-state index contributed by atoms with van der Waals surface area (Å²) in [7, 11) is 0. The van der Waals surface area contributed by atoms with Crippen molar-refractivity contribution < 1.29 is 9.59 Å². The Morgan fingerprint density at radius 1 is 0.848 bits per heavy atom. The number of anilines is 1. The second-order valence-electron chi connectivity index (χ2n) is 7.99. The largest absolute Gasteiger partial charge is 0.351 e. The molecule has 2 aromatic carbocycles. The number of aryl methyl sites for hydroxylation is 1. The Morgan fingerprint density at radius 2 is 1.58 bits per heavy atom. The van der Waals surface area contributed by atoms with Gasteiger partial charge in [0.1, 0.15) is 5.71 Å². The molecule has 1 heterocycles. The fraction of sp³-hybridized carbons (Fsp3) is 0.292. The lowest BCUT2D eigenvalue weighted by Crippen LogP contribution is -2.19. The molecule has 5 rings (SSSR count). The van der Waals surface area contributed by atoms with Gasteiger partial charge in [0.05, 0.1) is 26.9 Å². The molecule has 0 unspecified atom stereocenters. The van der Waals surface area contributed by atoms with Gasteiger partial charge >= 0.3 is 0 Å². The van der Waals surface area contributed by atoms with Crippen LogP contribution in [-0.4, -0.2) is 22.3 Å². The zero-order valence-corrected chi connectivity index (χ0v) is 22.3. The number of hydrogen-bond donors (Lipinski definition) is 2. The van der Waals surface area contributed by atoms with E-state index in [0.717, 1.165) is 63.2 Å². The first-order valence-corrected chi connectivity index (χ1v) is 13.0. The van der Waals surface area contributed by atoms with Gasteiger partial charge in [0.15, 0.2) is 11.6 Å². The number of nitrogens with one attached hydrogen (secondary N) is 2. The van der Waals surface area contributed by atoms with Crippen LogP contribution < -0.4 is 5.43 Å². The molecule has 9 heteroatoms. The van der Waals surface area contributed by atoms with E-state index < -0.39 is 0 Å². The van der Waals surface area contributed by atoms with Gasteiger partial charge in [-0.15, -0.1) is 0 Å². The third kappa shape index (κ3) is 5.70. The second kappa shape index (κ2) is 10.7. The molecule has 0 spiro atoms. The Hall–Kier alpha value is -1.67. The zero-order chi connectivity index (χ0) is 23.5. The number of nitrogens with zero attached hydrogens (tertiary/aromatic N) is 1. The molecule has 1 fully saturated rings. The Bertz CT molecular complexity index is 1270. The molecule has 0 saturated heterocycles. The van der Waals surface area contributed by atoms with Gasteiger partial charge in [-0.05, 0) is 68.0 Å². The molecule has 1 saturated carbocycles. The summed E-state index contributed by atoms with van der Waals surface area (Å²) in [5, 5.41) is 6.45. The molecule has 5 nitrogen and oxygen atoms in total. The van der Waals surface area contributed by atoms with Crippen LogP contribution in [0, 0.1) is 0 Å². The average Bonchev–Trinajstić information content (AvgIpc) is 3.15. The molecular weight excluding hydrogens is 593 g/mol. The number of fused-ring (bicyclic) bond motifs is 3. The summed E-state index contributed by atoms with van der Waals surface area (Å²) in [6, 6.07) is 9.35. The minimum absolute atomic E-state index is 0.136. The molecule has 0 radical (unpaired) electrons. The summed E-state index contributed by atoms with van der Waals surface area (Å²) in [6.07, 6.45) is 5.88. The van der Waals surface area contributed by atoms with Gasteiger partial charge in [-0.3, -0.25) is 15.0 Å². The van der Waals surface area contributed by atoms with Crippen molar-refractivity contribution in [3.8, 4) is 0 Å². The van der Waals surface area contributed by atoms with Gasteiger partial charge in [0, 0.05) is 27.2 Å². The summed E-state index contributed by atoms with van der Waals surface area (Å²) in [5.74, 6) is 0.335. The first kappa shape index (κ1) is 24.5. The van der Waals surface area contributed by atoms with Crippen LogP contribution in [0.25, 0.3) is 10.9 Å². The van der Waals surface area contributed by atoms with E-state index in [1.165, 1.54) is 0 Å². The van der Waals surface area contributed by atoms with Crippen LogP contribution >= 0.6 is 55.1 Å². The lowest BCUT2D eigenvalue weighted by atomic mass is 9.95. The summed E-state index contributed by atoms with van der Waals surface area (Å²) >= 11 is 19.0. The highest BCUT2D eigenvalue weighted by atomic mass is 79.9. The minimum Gasteiger partial charge on any atom is -0.351 e. The summed E-state index contributed by atoms with van der Waals surface area (Å²) in [6.45, 7) is 0. The molecule has 1 aromatic heterocycles. The van der Waals surface area contributed by atoms with Gasteiger partial charge in [0.25, 0.3) is 0 Å². The molecule has 2 aliphatic rings. The van der Waals surface area contributed by atoms with Crippen LogP contribution in [0.15, 0.2) is 44.4 Å². The van der Waals surface area contributed by atoms with Crippen molar-refractivity contribution >= 4 is 88.9 Å². The van der Waals surface area contributed by atoms with Crippen molar-refractivity contribution in [1.82, 2.24) is 4.98 Å². The monoisotopic (exact) mass is 611 g/mol. The highest BCUT2D eigenvalue weighted by Crippen LogP contribution is 2.35. The third-order valence-corrected chi connectivity index (χ3v) is 7.23. The normalized spacial score (nSPS) is 17.0. The fourth-order valence-electron chi connectivity index (χ4n) is 4.01. The van der Waals surface area contributed by atoms with Crippen molar-refractivity contribution in [1.29, 1.82) is 0 Å². The first-order chi connectivity index (χ1) is 15.8. The third-order valence-electron chi connectivity index (χ3n) is 5.67. The van der Waals surface area contributed by atoms with Gasteiger partial charge in [-0.2, -0.15) is 5.10 Å². The van der Waals surface area contributed by atoms with Crippen LogP contribution in [0.5, 0.6) is 0 Å². The van der Waals surface area contributed by atoms with Crippen LogP contribution in [-0.2, 0) is 11.2 Å². The molecular formula is C24H21Br2Cl2N3O2. The Labute approximate surface area is 218 Å². The van der Waals surface area contributed by atoms with Crippen molar-refractivity contribution in [2.24, 2.45) is 5.10 Å². The van der Waals surface area contributed by atoms with E-state index in [4.69, 9.17) is 23.2 Å². The molecule has 33 heavy (non-hydrogen) atoms. The number of hydrogen-bond acceptors (Lipinski definition) is 4. The quantitative estimate of drug-likeness (QED) is 0.287. The molecule has 2 aliphatic carbocycles. The molecule has 172 valence electrons. The number of rotatable bonds is 2. The van der Waals surface area contributed by atoms with E-state index in [1.807, 2.05) is 24.3 Å². The topological polar surface area (TPSA) is 74.3 Å². The van der Waals surface area contributed by atoms with E-state index in [9.17, 15) is 9.59 Å². The number of Topliss-reactive ketones (excluding diaryl/α,β-unsaturated/α-hetero) is 2. The molecule has 0 aliphatic heterocycles. The zero-order valence-electron chi connectivity index (χ0n) is 17.6. The highest BCUT2D eigenvalue weighted by molar-refractivity contribution is 9.10. The summed E-state index contributed by atoms with van der Waals surface area (Å²) in [5.41, 5.74) is 6.93. The van der Waals surface area contributed by atoms with Crippen LogP contribution in [0.1, 0.15) is 54.6 Å². The maximum absolute atomic E-state index is 11.8. The van der Waals surface area contributed by atoms with Crippen LogP contribution in [0.4, 0.5) is 5.69 Å². The fourth-order valence-corrected chi connectivity index (χ4v) is 5.58. The number of carbonyl (C=O) groups excluding carboxylic acids is 2. The highest BCUT2D eigenvalue weighted by Gasteiger charge is 2.23. The smallest absolute Gasteiger partial charge is 0.179 e. The van der Waals surface area contributed by atoms with Gasteiger partial charge in [0.2, 0.25) is 0 Å². The van der Waals surface area contributed by atoms with Crippen molar-refractivity contribution in [3.63, 3.8) is 0 Å². The number of halogens is 4. The SMILES string of the molecule is O=C1CCCC/C1=N\Nc1ccc(Br)cc1Cl.O=C1CCCc2c1[nH]c1c(Cl)cc(Br)cc21. The molecule has 3 aromatic rings. The summed E-state index contributed by atoms with van der Waals surface area (Å²) < 4.78 is 1.86. The Kier molecular flexibility index (Phi) is 7.95. The standard InChI is InChI=1S/C12H12BrClN2O.C12H9BrClNO/c13-8-5-6-10(9(14)7-8)15-16-11-3-1-2-4-12(11)17;13-6-4-8-7-2-1-3-10(16)12(7)15-11(8)9(14)5-6/h5-7,15H,1-4H2;4-5,15H,1-3H2/b16-11+;. The predicted octanol–water partition coefficient (Wildman–Crippen LogP) is 8.12. The molecule has 0 amide bonds. The van der Waals surface area contributed by atoms with Gasteiger partial charge < -0.3 is 4.98 Å². The van der Waals surface area contributed by atoms with Crippen molar-refractivity contribution in [3.05, 3.63) is 60.6 Å². The molecule has 2 N–H and O–H groups in total. The number of ketones is 2. The Balaban J connectivity index is 0.000000157. The van der Waals surface area contributed by atoms with Crippen LogP contribution in [0.2, 0.25) is 10.0 Å². The number of benzene rings is 2. The van der Waals surface area contributed by atoms with Crippen LogP contribution in [0.3, 0.4) is 0 Å². The summed E-state index contributed by atoms with van der Waals surface area (Å²) in [4.78, 5) is 26.5. The number of hydrazone groups is 1. The van der Waals surface area contributed by atoms with E-state index in [-0.39, 0.29) is 11.6 Å². The maximum Gasteiger partial charge on any atom is 0.179 e. The van der Waals surface area contributed by atoms with Gasteiger partial charge in [-0.25, -0.2) is 0 Å². The number of carbonyl (C=O) groups is 2. The Morgan fingerprint density at radius 3 is 2.33 bits per heavy atom. The number of H-pyrrole nitrogens is 1. The molecule has 0 atom stereocenters.